The van der Waals surface area contributed by atoms with Crippen molar-refractivity contribution in [3.05, 3.63) is 59.7 Å². The lowest BCUT2D eigenvalue weighted by Gasteiger charge is -2.12. The van der Waals surface area contributed by atoms with Crippen LogP contribution in [0.15, 0.2) is 53.5 Å². The highest BCUT2D eigenvalue weighted by Gasteiger charge is 2.17. The number of rotatable bonds is 4. The maximum atomic E-state index is 12.1. The number of ketones is 1. The maximum absolute atomic E-state index is 12.1. The van der Waals surface area contributed by atoms with E-state index in [0.717, 1.165) is 5.56 Å². The molecule has 0 fully saturated rings. The second kappa shape index (κ2) is 7.36. The van der Waals surface area contributed by atoms with Crippen molar-refractivity contribution in [2.75, 3.05) is 23.7 Å². The number of amides is 2. The number of urea groups is 1. The van der Waals surface area contributed by atoms with E-state index in [1.165, 1.54) is 6.92 Å². The zero-order chi connectivity index (χ0) is 17.8. The van der Waals surface area contributed by atoms with Crippen LogP contribution in [0.2, 0.25) is 0 Å². The van der Waals surface area contributed by atoms with Gasteiger partial charge in [-0.3, -0.25) is 14.2 Å². The van der Waals surface area contributed by atoms with Crippen LogP contribution in [0.4, 0.5) is 16.2 Å². The summed E-state index contributed by atoms with van der Waals surface area (Å²) in [6.07, 6.45) is 0. The monoisotopic (exact) mass is 356 g/mol. The summed E-state index contributed by atoms with van der Waals surface area (Å²) >= 11 is 6.09. The van der Waals surface area contributed by atoms with Gasteiger partial charge in [-0.1, -0.05) is 12.1 Å². The van der Waals surface area contributed by atoms with Crippen molar-refractivity contribution < 1.29 is 9.59 Å². The third-order valence-electron chi connectivity index (χ3n) is 3.72. The molecule has 1 aliphatic rings. The van der Waals surface area contributed by atoms with Crippen LogP contribution in [0.5, 0.6) is 0 Å². The van der Waals surface area contributed by atoms with E-state index in [-0.39, 0.29) is 11.8 Å². The van der Waals surface area contributed by atoms with E-state index in [1.807, 2.05) is 18.2 Å². The van der Waals surface area contributed by atoms with E-state index < -0.39 is 0 Å². The number of aliphatic imine (C=N–C) groups is 1. The van der Waals surface area contributed by atoms with Crippen LogP contribution in [0.3, 0.4) is 0 Å². The summed E-state index contributed by atoms with van der Waals surface area (Å²) in [4.78, 5) is 27.8. The molecule has 25 heavy (non-hydrogen) atoms. The number of carbonyl (C=O) groups excluding carboxylic acids is 2. The van der Waals surface area contributed by atoms with Gasteiger partial charge in [-0.25, -0.2) is 4.79 Å². The first-order valence-electron chi connectivity index (χ1n) is 7.80. The summed E-state index contributed by atoms with van der Waals surface area (Å²) in [5, 5.41) is 5.50. The van der Waals surface area contributed by atoms with E-state index in [0.29, 0.717) is 35.9 Å². The zero-order valence-electron chi connectivity index (χ0n) is 13.6. The van der Waals surface area contributed by atoms with E-state index >= 15 is 0 Å². The second-order valence-corrected chi connectivity index (χ2v) is 5.99. The lowest BCUT2D eigenvalue weighted by Crippen LogP contribution is -2.21. The summed E-state index contributed by atoms with van der Waals surface area (Å²) in [6.45, 7) is 2.83. The summed E-state index contributed by atoms with van der Waals surface area (Å²) in [5.74, 6) is 0.682. The zero-order valence-corrected chi connectivity index (χ0v) is 14.4. The second-order valence-electron chi connectivity index (χ2n) is 5.58. The molecule has 7 heteroatoms. The van der Waals surface area contributed by atoms with E-state index in [4.69, 9.17) is 11.8 Å². The molecule has 0 saturated carbocycles. The van der Waals surface area contributed by atoms with Crippen molar-refractivity contribution in [1.82, 2.24) is 4.42 Å². The molecule has 128 valence electrons. The summed E-state index contributed by atoms with van der Waals surface area (Å²) in [5.41, 5.74) is 2.68. The van der Waals surface area contributed by atoms with Gasteiger partial charge in [0.05, 0.1) is 13.1 Å². The number of carbonyl (C=O) groups is 2. The minimum absolute atomic E-state index is 0.0176. The largest absolute Gasteiger partial charge is 0.323 e. The molecule has 0 spiro atoms. The Kier molecular flexibility index (Phi) is 5.00. The maximum Gasteiger partial charge on any atom is 0.323 e. The molecule has 0 aromatic heterocycles. The van der Waals surface area contributed by atoms with Gasteiger partial charge in [-0.2, -0.15) is 0 Å². The molecular formula is C18H17ClN4O2. The Morgan fingerprint density at radius 3 is 2.44 bits per heavy atom. The molecular weight excluding hydrogens is 340 g/mol. The number of Topliss-reactive ketones (excluding diaryl/α,β-unsaturated/α-hetero) is 1. The molecule has 3 rings (SSSR count). The number of amidine groups is 1. The van der Waals surface area contributed by atoms with E-state index in [1.54, 1.807) is 34.8 Å². The lowest BCUT2D eigenvalue weighted by atomic mass is 10.1. The molecule has 2 aromatic rings. The first kappa shape index (κ1) is 17.0. The van der Waals surface area contributed by atoms with Gasteiger partial charge in [0.2, 0.25) is 0 Å². The highest BCUT2D eigenvalue weighted by atomic mass is 35.5. The van der Waals surface area contributed by atoms with Gasteiger partial charge in [0.25, 0.3) is 0 Å². The van der Waals surface area contributed by atoms with Gasteiger partial charge < -0.3 is 10.6 Å². The lowest BCUT2D eigenvalue weighted by molar-refractivity contribution is 0.101. The molecule has 0 saturated heterocycles. The number of hydrogen-bond acceptors (Lipinski definition) is 4. The summed E-state index contributed by atoms with van der Waals surface area (Å²) < 4.78 is 1.57. The van der Waals surface area contributed by atoms with Gasteiger partial charge in [0, 0.05) is 34.3 Å². The molecule has 2 amide bonds. The normalized spacial score (nSPS) is 13.4. The average molecular weight is 357 g/mol. The molecule has 1 aliphatic heterocycles. The van der Waals surface area contributed by atoms with Crippen LogP contribution in [-0.4, -0.2) is 35.2 Å². The summed E-state index contributed by atoms with van der Waals surface area (Å²) in [6, 6.07) is 13.7. The number of halogens is 1. The first-order valence-corrected chi connectivity index (χ1v) is 8.14. The van der Waals surface area contributed by atoms with Crippen molar-refractivity contribution in [3.8, 4) is 0 Å². The number of nitrogens with one attached hydrogen (secondary N) is 2. The van der Waals surface area contributed by atoms with Crippen LogP contribution in [0.25, 0.3) is 0 Å². The predicted molar refractivity (Wildman–Crippen MR) is 99.5 cm³/mol. The molecule has 1 heterocycles. The Labute approximate surface area is 150 Å². The Bertz CT molecular complexity index is 833. The fourth-order valence-electron chi connectivity index (χ4n) is 2.48. The summed E-state index contributed by atoms with van der Waals surface area (Å²) in [7, 11) is 0. The number of hydrogen-bond donors (Lipinski definition) is 2. The Hall–Kier alpha value is -2.86. The highest BCUT2D eigenvalue weighted by Crippen LogP contribution is 2.18. The highest BCUT2D eigenvalue weighted by molar-refractivity contribution is 6.26. The molecule has 2 N–H and O–H groups in total. The third-order valence-corrected chi connectivity index (χ3v) is 4.04. The minimum atomic E-state index is -0.371. The van der Waals surface area contributed by atoms with Crippen molar-refractivity contribution in [1.29, 1.82) is 0 Å². The fourth-order valence-corrected chi connectivity index (χ4v) is 2.70. The minimum Gasteiger partial charge on any atom is -0.308 e. The van der Waals surface area contributed by atoms with Gasteiger partial charge in [0.1, 0.15) is 5.84 Å². The Morgan fingerprint density at radius 2 is 1.80 bits per heavy atom. The van der Waals surface area contributed by atoms with Gasteiger partial charge in [-0.05, 0) is 43.3 Å². The van der Waals surface area contributed by atoms with Crippen molar-refractivity contribution in [3.63, 3.8) is 0 Å². The van der Waals surface area contributed by atoms with Crippen molar-refractivity contribution >= 4 is 40.8 Å². The number of anilines is 2. The molecule has 0 atom stereocenters. The molecule has 0 unspecified atom stereocenters. The molecule has 6 nitrogen and oxygen atoms in total. The number of benzene rings is 2. The standard InChI is InChI=1S/C18H17ClN4O2/c1-12(24)13-5-7-15(8-6-13)21-18(25)22-16-4-2-3-14(11-16)17-20-9-10-23(17)19/h2-8,11H,9-10H2,1H3,(H2,21,22,25). The van der Waals surface area contributed by atoms with Gasteiger partial charge >= 0.3 is 6.03 Å². The van der Waals surface area contributed by atoms with Crippen molar-refractivity contribution in [2.45, 2.75) is 6.92 Å². The third kappa shape index (κ3) is 4.16. The number of nitrogens with zero attached hydrogens (tertiary/aromatic N) is 2. The average Bonchev–Trinajstić information content (AvgIpc) is 3.01. The van der Waals surface area contributed by atoms with E-state index in [9.17, 15) is 9.59 Å². The Morgan fingerprint density at radius 1 is 1.08 bits per heavy atom. The Balaban J connectivity index is 1.66. The van der Waals surface area contributed by atoms with Crippen molar-refractivity contribution in [2.24, 2.45) is 4.99 Å². The van der Waals surface area contributed by atoms with Crippen LogP contribution in [0, 0.1) is 0 Å². The van der Waals surface area contributed by atoms with Crippen LogP contribution < -0.4 is 10.6 Å². The van der Waals surface area contributed by atoms with Crippen LogP contribution >= 0.6 is 11.8 Å². The van der Waals surface area contributed by atoms with Crippen LogP contribution in [0.1, 0.15) is 22.8 Å². The molecule has 2 aromatic carbocycles. The van der Waals surface area contributed by atoms with Gasteiger partial charge in [-0.15, -0.1) is 0 Å². The topological polar surface area (TPSA) is 73.8 Å². The fraction of sp³-hybridized carbons (Fsp3) is 0.167. The van der Waals surface area contributed by atoms with E-state index in [2.05, 4.69) is 15.6 Å². The smallest absolute Gasteiger partial charge is 0.308 e. The first-order chi connectivity index (χ1) is 12.0. The molecule has 0 bridgehead atoms. The molecule has 0 radical (unpaired) electrons. The van der Waals surface area contributed by atoms with Crippen LogP contribution in [-0.2, 0) is 0 Å². The predicted octanol–water partition coefficient (Wildman–Crippen LogP) is 3.75. The van der Waals surface area contributed by atoms with Gasteiger partial charge in [0.15, 0.2) is 5.78 Å². The molecule has 0 aliphatic carbocycles. The SMILES string of the molecule is CC(=O)c1ccc(NC(=O)Nc2cccc(C3=NCCN3Cl)c2)cc1. The quantitative estimate of drug-likeness (QED) is 0.647.